The van der Waals surface area contributed by atoms with Crippen LogP contribution in [0.25, 0.3) is 11.4 Å². The zero-order valence-electron chi connectivity index (χ0n) is 9.86. The molecule has 0 fully saturated rings. The number of hydrogen-bond acceptors (Lipinski definition) is 3. The van der Waals surface area contributed by atoms with Crippen molar-refractivity contribution in [3.05, 3.63) is 41.5 Å². The van der Waals surface area contributed by atoms with E-state index in [1.807, 2.05) is 13.0 Å². The summed E-state index contributed by atoms with van der Waals surface area (Å²) in [6.45, 7) is 6.20. The molecule has 2 aromatic heterocycles. The maximum Gasteiger partial charge on any atom is 0.161 e. The second-order valence-corrected chi connectivity index (χ2v) is 3.83. The molecule has 0 aliphatic rings. The maximum atomic E-state index is 4.55. The molecule has 0 bridgehead atoms. The smallest absolute Gasteiger partial charge is 0.161 e. The van der Waals surface area contributed by atoms with E-state index in [0.717, 1.165) is 29.2 Å². The second kappa shape index (κ2) is 4.39. The van der Waals surface area contributed by atoms with Gasteiger partial charge < -0.3 is 0 Å². The molecule has 0 spiro atoms. The van der Waals surface area contributed by atoms with Gasteiger partial charge in [0.2, 0.25) is 0 Å². The molecule has 3 nitrogen and oxygen atoms in total. The standard InChI is InChI=1S/C13H15N3/c1-4-11-12(9(2)8-10(3)16-11)13-14-6-5-7-15-13/h5-8H,4H2,1-3H3. The van der Waals surface area contributed by atoms with Crippen LogP contribution in [-0.2, 0) is 6.42 Å². The van der Waals surface area contributed by atoms with Gasteiger partial charge in [0.1, 0.15) is 0 Å². The first kappa shape index (κ1) is 10.7. The summed E-state index contributed by atoms with van der Waals surface area (Å²) in [5, 5.41) is 0. The van der Waals surface area contributed by atoms with Gasteiger partial charge in [-0.15, -0.1) is 0 Å². The zero-order valence-corrected chi connectivity index (χ0v) is 9.86. The predicted molar refractivity (Wildman–Crippen MR) is 64.1 cm³/mol. The molecule has 0 unspecified atom stereocenters. The van der Waals surface area contributed by atoms with E-state index in [2.05, 4.69) is 34.9 Å². The van der Waals surface area contributed by atoms with Crippen LogP contribution >= 0.6 is 0 Å². The molecule has 0 aliphatic heterocycles. The van der Waals surface area contributed by atoms with Gasteiger partial charge in [0.05, 0.1) is 5.69 Å². The van der Waals surface area contributed by atoms with Crippen molar-refractivity contribution < 1.29 is 0 Å². The lowest BCUT2D eigenvalue weighted by molar-refractivity contribution is 0.988. The predicted octanol–water partition coefficient (Wildman–Crippen LogP) is 2.72. The highest BCUT2D eigenvalue weighted by Crippen LogP contribution is 2.23. The Kier molecular flexibility index (Phi) is 2.95. The third-order valence-electron chi connectivity index (χ3n) is 2.54. The molecular weight excluding hydrogens is 198 g/mol. The fraction of sp³-hybridized carbons (Fsp3) is 0.308. The summed E-state index contributed by atoms with van der Waals surface area (Å²) >= 11 is 0. The molecule has 0 N–H and O–H groups in total. The molecule has 0 amide bonds. The van der Waals surface area contributed by atoms with E-state index in [1.54, 1.807) is 12.4 Å². The van der Waals surface area contributed by atoms with Crippen LogP contribution in [0.5, 0.6) is 0 Å². The molecule has 2 aromatic rings. The molecule has 0 aliphatic carbocycles. The van der Waals surface area contributed by atoms with Gasteiger partial charge in [0, 0.05) is 23.7 Å². The van der Waals surface area contributed by atoms with E-state index >= 15 is 0 Å². The van der Waals surface area contributed by atoms with E-state index in [-0.39, 0.29) is 0 Å². The average molecular weight is 213 g/mol. The number of pyridine rings is 1. The lowest BCUT2D eigenvalue weighted by atomic mass is 10.0. The van der Waals surface area contributed by atoms with Crippen molar-refractivity contribution in [2.45, 2.75) is 27.2 Å². The maximum absolute atomic E-state index is 4.55. The van der Waals surface area contributed by atoms with E-state index in [4.69, 9.17) is 0 Å². The van der Waals surface area contributed by atoms with Gasteiger partial charge in [-0.05, 0) is 38.0 Å². The topological polar surface area (TPSA) is 38.7 Å². The molecule has 16 heavy (non-hydrogen) atoms. The van der Waals surface area contributed by atoms with Crippen molar-refractivity contribution in [2.75, 3.05) is 0 Å². The summed E-state index contributed by atoms with van der Waals surface area (Å²) in [5.41, 5.74) is 4.39. The summed E-state index contributed by atoms with van der Waals surface area (Å²) in [4.78, 5) is 13.1. The summed E-state index contributed by atoms with van der Waals surface area (Å²) < 4.78 is 0. The second-order valence-electron chi connectivity index (χ2n) is 3.83. The van der Waals surface area contributed by atoms with E-state index in [9.17, 15) is 0 Å². The molecule has 0 aromatic carbocycles. The van der Waals surface area contributed by atoms with Crippen molar-refractivity contribution in [3.8, 4) is 11.4 Å². The largest absolute Gasteiger partial charge is 0.257 e. The monoisotopic (exact) mass is 213 g/mol. The summed E-state index contributed by atoms with van der Waals surface area (Å²) in [5.74, 6) is 0.768. The van der Waals surface area contributed by atoms with Gasteiger partial charge >= 0.3 is 0 Å². The minimum Gasteiger partial charge on any atom is -0.257 e. The van der Waals surface area contributed by atoms with Gasteiger partial charge in [0.15, 0.2) is 5.82 Å². The van der Waals surface area contributed by atoms with Gasteiger partial charge in [-0.2, -0.15) is 0 Å². The summed E-state index contributed by atoms with van der Waals surface area (Å²) in [7, 11) is 0. The van der Waals surface area contributed by atoms with E-state index < -0.39 is 0 Å². The van der Waals surface area contributed by atoms with Crippen LogP contribution in [0.3, 0.4) is 0 Å². The molecule has 3 heteroatoms. The zero-order chi connectivity index (χ0) is 11.5. The van der Waals surface area contributed by atoms with Gasteiger partial charge in [-0.3, -0.25) is 4.98 Å². The van der Waals surface area contributed by atoms with Crippen molar-refractivity contribution in [3.63, 3.8) is 0 Å². The number of nitrogens with zero attached hydrogens (tertiary/aromatic N) is 3. The summed E-state index contributed by atoms with van der Waals surface area (Å²) in [6, 6.07) is 3.90. The average Bonchev–Trinajstić information content (AvgIpc) is 2.29. The molecule has 2 rings (SSSR count). The van der Waals surface area contributed by atoms with Crippen LogP contribution in [0.15, 0.2) is 24.5 Å². The molecular formula is C13H15N3. The van der Waals surface area contributed by atoms with Crippen molar-refractivity contribution in [2.24, 2.45) is 0 Å². The number of aryl methyl sites for hydroxylation is 3. The van der Waals surface area contributed by atoms with Crippen LogP contribution in [0.2, 0.25) is 0 Å². The van der Waals surface area contributed by atoms with Gasteiger partial charge in [0.25, 0.3) is 0 Å². The van der Waals surface area contributed by atoms with Crippen molar-refractivity contribution >= 4 is 0 Å². The number of rotatable bonds is 2. The molecule has 0 saturated heterocycles. The third kappa shape index (κ3) is 1.94. The van der Waals surface area contributed by atoms with Crippen LogP contribution in [0, 0.1) is 13.8 Å². The molecule has 0 saturated carbocycles. The highest BCUT2D eigenvalue weighted by molar-refractivity contribution is 5.62. The van der Waals surface area contributed by atoms with Crippen LogP contribution < -0.4 is 0 Å². The van der Waals surface area contributed by atoms with Crippen LogP contribution in [0.4, 0.5) is 0 Å². The molecule has 82 valence electrons. The fourth-order valence-electron chi connectivity index (χ4n) is 1.90. The van der Waals surface area contributed by atoms with E-state index in [1.165, 1.54) is 5.56 Å². The Hall–Kier alpha value is -1.77. The normalized spacial score (nSPS) is 10.4. The highest BCUT2D eigenvalue weighted by atomic mass is 14.9. The van der Waals surface area contributed by atoms with Crippen molar-refractivity contribution in [1.29, 1.82) is 0 Å². The number of aromatic nitrogens is 3. The Morgan fingerprint density at radius 3 is 2.44 bits per heavy atom. The number of hydrogen-bond donors (Lipinski definition) is 0. The minimum absolute atomic E-state index is 0.768. The Balaban J connectivity index is 2.64. The Labute approximate surface area is 95.6 Å². The first-order chi connectivity index (χ1) is 7.72. The van der Waals surface area contributed by atoms with Crippen molar-refractivity contribution in [1.82, 2.24) is 15.0 Å². The SMILES string of the molecule is CCc1nc(C)cc(C)c1-c1ncccn1. The van der Waals surface area contributed by atoms with Crippen LogP contribution in [-0.4, -0.2) is 15.0 Å². The molecule has 2 heterocycles. The minimum atomic E-state index is 0.768. The quantitative estimate of drug-likeness (QED) is 0.770. The van der Waals surface area contributed by atoms with Gasteiger partial charge in [-0.1, -0.05) is 6.92 Å². The lowest BCUT2D eigenvalue weighted by Gasteiger charge is -2.10. The fourth-order valence-corrected chi connectivity index (χ4v) is 1.90. The molecule has 0 atom stereocenters. The first-order valence-electron chi connectivity index (χ1n) is 5.47. The Morgan fingerprint density at radius 1 is 1.12 bits per heavy atom. The Bertz CT molecular complexity index is 492. The highest BCUT2D eigenvalue weighted by Gasteiger charge is 2.11. The van der Waals surface area contributed by atoms with Gasteiger partial charge in [-0.25, -0.2) is 9.97 Å². The van der Waals surface area contributed by atoms with Crippen LogP contribution in [0.1, 0.15) is 23.9 Å². The van der Waals surface area contributed by atoms with E-state index in [0.29, 0.717) is 0 Å². The lowest BCUT2D eigenvalue weighted by Crippen LogP contribution is -2.00. The first-order valence-corrected chi connectivity index (χ1v) is 5.47. The molecule has 0 radical (unpaired) electrons. The Morgan fingerprint density at radius 2 is 1.81 bits per heavy atom. The summed E-state index contributed by atoms with van der Waals surface area (Å²) in [6.07, 6.45) is 4.43. The third-order valence-corrected chi connectivity index (χ3v) is 2.54.